The Morgan fingerprint density at radius 2 is 2.12 bits per heavy atom. The van der Waals surface area contributed by atoms with Gasteiger partial charge in [0.05, 0.1) is 18.4 Å². The molecular formula is C20H25FN2O2. The van der Waals surface area contributed by atoms with Crippen LogP contribution in [0.4, 0.5) is 4.39 Å². The van der Waals surface area contributed by atoms with Crippen LogP contribution >= 0.6 is 0 Å². The molecule has 1 aromatic heterocycles. The Labute approximate surface area is 148 Å². The maximum atomic E-state index is 13.9. The number of nitrogens with zero attached hydrogens (tertiary/aromatic N) is 1. The first-order valence-electron chi connectivity index (χ1n) is 8.87. The Morgan fingerprint density at radius 1 is 1.36 bits per heavy atom. The van der Waals surface area contributed by atoms with Crippen molar-refractivity contribution >= 4 is 5.91 Å². The van der Waals surface area contributed by atoms with Crippen molar-refractivity contribution in [1.29, 1.82) is 0 Å². The standard InChI is InChI=1S/C20H25FN2O2/c1-4-9-22-20(24)16-11-18(23(13(16)2)12-14-5-6-14)17-10-15(21)7-8-19(17)25-3/h7-8,10-11,14H,4-6,9,12H2,1-3H3,(H,22,24). The number of amides is 1. The van der Waals surface area contributed by atoms with Gasteiger partial charge in [-0.1, -0.05) is 6.92 Å². The Morgan fingerprint density at radius 3 is 2.76 bits per heavy atom. The molecule has 0 spiro atoms. The van der Waals surface area contributed by atoms with Gasteiger partial charge in [0, 0.05) is 24.3 Å². The van der Waals surface area contributed by atoms with Gasteiger partial charge >= 0.3 is 0 Å². The van der Waals surface area contributed by atoms with Gasteiger partial charge in [0.2, 0.25) is 0 Å². The van der Waals surface area contributed by atoms with Crippen LogP contribution in [0.5, 0.6) is 5.75 Å². The summed E-state index contributed by atoms with van der Waals surface area (Å²) in [5.74, 6) is 0.850. The van der Waals surface area contributed by atoms with Crippen molar-refractivity contribution in [2.75, 3.05) is 13.7 Å². The second-order valence-corrected chi connectivity index (χ2v) is 6.68. The van der Waals surface area contributed by atoms with Gasteiger partial charge in [-0.25, -0.2) is 4.39 Å². The number of hydrogen-bond acceptors (Lipinski definition) is 2. The molecular weight excluding hydrogens is 319 g/mol. The predicted molar refractivity (Wildman–Crippen MR) is 96.5 cm³/mol. The van der Waals surface area contributed by atoms with E-state index in [1.165, 1.54) is 25.0 Å². The van der Waals surface area contributed by atoms with E-state index in [9.17, 15) is 9.18 Å². The second kappa shape index (κ2) is 7.30. The summed E-state index contributed by atoms with van der Waals surface area (Å²) in [6.45, 7) is 5.47. The maximum Gasteiger partial charge on any atom is 0.253 e. The molecule has 25 heavy (non-hydrogen) atoms. The molecule has 1 aliphatic carbocycles. The third-order valence-electron chi connectivity index (χ3n) is 4.72. The van der Waals surface area contributed by atoms with Gasteiger partial charge in [-0.15, -0.1) is 0 Å². The third-order valence-corrected chi connectivity index (χ3v) is 4.72. The molecule has 0 radical (unpaired) electrons. The van der Waals surface area contributed by atoms with Crippen LogP contribution in [-0.2, 0) is 6.54 Å². The highest BCUT2D eigenvalue weighted by atomic mass is 19.1. The number of hydrogen-bond donors (Lipinski definition) is 1. The number of nitrogens with one attached hydrogen (secondary N) is 1. The van der Waals surface area contributed by atoms with Crippen LogP contribution in [0.2, 0.25) is 0 Å². The normalized spacial score (nSPS) is 13.8. The summed E-state index contributed by atoms with van der Waals surface area (Å²) in [4.78, 5) is 12.5. The second-order valence-electron chi connectivity index (χ2n) is 6.68. The molecule has 1 aliphatic rings. The summed E-state index contributed by atoms with van der Waals surface area (Å²) in [6, 6.07) is 6.36. The predicted octanol–water partition coefficient (Wildman–Crippen LogP) is 4.16. The molecule has 0 aliphatic heterocycles. The van der Waals surface area contributed by atoms with E-state index in [4.69, 9.17) is 4.74 Å². The Hall–Kier alpha value is -2.30. The van der Waals surface area contributed by atoms with E-state index in [2.05, 4.69) is 9.88 Å². The van der Waals surface area contributed by atoms with Gasteiger partial charge in [-0.05, 0) is 56.4 Å². The lowest BCUT2D eigenvalue weighted by Gasteiger charge is -2.14. The van der Waals surface area contributed by atoms with Gasteiger partial charge in [0.1, 0.15) is 11.6 Å². The van der Waals surface area contributed by atoms with E-state index in [0.29, 0.717) is 29.3 Å². The van der Waals surface area contributed by atoms with Gasteiger partial charge < -0.3 is 14.6 Å². The highest BCUT2D eigenvalue weighted by Crippen LogP contribution is 2.37. The topological polar surface area (TPSA) is 43.3 Å². The molecule has 4 nitrogen and oxygen atoms in total. The SMILES string of the molecule is CCCNC(=O)c1cc(-c2cc(F)ccc2OC)n(CC2CC2)c1C. The molecule has 1 amide bonds. The van der Waals surface area contributed by atoms with Crippen molar-refractivity contribution in [3.05, 3.63) is 41.3 Å². The molecule has 0 bridgehead atoms. The third kappa shape index (κ3) is 3.70. The Balaban J connectivity index is 2.08. The molecule has 1 aromatic carbocycles. The fourth-order valence-electron chi connectivity index (χ4n) is 3.11. The first-order valence-corrected chi connectivity index (χ1v) is 8.87. The van der Waals surface area contributed by atoms with Crippen molar-refractivity contribution in [3.8, 4) is 17.0 Å². The van der Waals surface area contributed by atoms with Crippen molar-refractivity contribution in [1.82, 2.24) is 9.88 Å². The van der Waals surface area contributed by atoms with Gasteiger partial charge in [-0.3, -0.25) is 4.79 Å². The van der Waals surface area contributed by atoms with Crippen LogP contribution in [-0.4, -0.2) is 24.1 Å². The lowest BCUT2D eigenvalue weighted by molar-refractivity contribution is 0.0953. The number of ether oxygens (including phenoxy) is 1. The monoisotopic (exact) mass is 344 g/mol. The average Bonchev–Trinajstić information content (AvgIpc) is 3.37. The van der Waals surface area contributed by atoms with Gasteiger partial charge in [-0.2, -0.15) is 0 Å². The molecule has 134 valence electrons. The maximum absolute atomic E-state index is 13.9. The molecule has 0 unspecified atom stereocenters. The summed E-state index contributed by atoms with van der Waals surface area (Å²) in [5, 5.41) is 2.93. The molecule has 1 heterocycles. The highest BCUT2D eigenvalue weighted by Gasteiger charge is 2.27. The van der Waals surface area contributed by atoms with Gasteiger partial charge in [0.15, 0.2) is 0 Å². The van der Waals surface area contributed by atoms with Crippen molar-refractivity contribution in [2.45, 2.75) is 39.7 Å². The van der Waals surface area contributed by atoms with E-state index >= 15 is 0 Å². The summed E-state index contributed by atoms with van der Waals surface area (Å²) in [5.41, 5.74) is 3.08. The molecule has 5 heteroatoms. The fourth-order valence-corrected chi connectivity index (χ4v) is 3.11. The minimum absolute atomic E-state index is 0.0782. The smallest absolute Gasteiger partial charge is 0.253 e. The number of rotatable bonds is 7. The van der Waals surface area contributed by atoms with Crippen molar-refractivity contribution in [3.63, 3.8) is 0 Å². The van der Waals surface area contributed by atoms with Crippen LogP contribution in [0.25, 0.3) is 11.3 Å². The van der Waals surface area contributed by atoms with E-state index in [1.807, 2.05) is 19.9 Å². The number of carbonyl (C=O) groups is 1. The zero-order valence-corrected chi connectivity index (χ0v) is 15.1. The molecule has 0 atom stereocenters. The van der Waals surface area contributed by atoms with E-state index in [1.54, 1.807) is 13.2 Å². The number of methoxy groups -OCH3 is 1. The van der Waals surface area contributed by atoms with Gasteiger partial charge in [0.25, 0.3) is 5.91 Å². The number of aromatic nitrogens is 1. The average molecular weight is 344 g/mol. The quantitative estimate of drug-likeness (QED) is 0.819. The largest absolute Gasteiger partial charge is 0.496 e. The summed E-state index contributed by atoms with van der Waals surface area (Å²) >= 11 is 0. The molecule has 0 saturated heterocycles. The van der Waals surface area contributed by atoms with E-state index in [0.717, 1.165) is 24.4 Å². The number of carbonyl (C=O) groups excluding carboxylic acids is 1. The Bertz CT molecular complexity index is 778. The van der Waals surface area contributed by atoms with E-state index in [-0.39, 0.29) is 11.7 Å². The fraction of sp³-hybridized carbons (Fsp3) is 0.450. The highest BCUT2D eigenvalue weighted by molar-refractivity contribution is 5.97. The summed E-state index contributed by atoms with van der Waals surface area (Å²) in [7, 11) is 1.58. The summed E-state index contributed by atoms with van der Waals surface area (Å²) in [6.07, 6.45) is 3.29. The van der Waals surface area contributed by atoms with Crippen LogP contribution in [0.3, 0.4) is 0 Å². The molecule has 2 aromatic rings. The van der Waals surface area contributed by atoms with Crippen LogP contribution in [0, 0.1) is 18.7 Å². The van der Waals surface area contributed by atoms with E-state index < -0.39 is 0 Å². The lowest BCUT2D eigenvalue weighted by Crippen LogP contribution is -2.24. The minimum Gasteiger partial charge on any atom is -0.496 e. The first kappa shape index (κ1) is 17.5. The van der Waals surface area contributed by atoms with Crippen molar-refractivity contribution < 1.29 is 13.9 Å². The molecule has 3 rings (SSSR count). The molecule has 1 N–H and O–H groups in total. The summed E-state index contributed by atoms with van der Waals surface area (Å²) < 4.78 is 21.4. The van der Waals surface area contributed by atoms with Crippen LogP contribution < -0.4 is 10.1 Å². The Kier molecular flexibility index (Phi) is 5.11. The van der Waals surface area contributed by atoms with Crippen LogP contribution in [0.15, 0.2) is 24.3 Å². The minimum atomic E-state index is -0.315. The lowest BCUT2D eigenvalue weighted by atomic mass is 10.1. The zero-order chi connectivity index (χ0) is 18.0. The molecule has 1 saturated carbocycles. The van der Waals surface area contributed by atoms with Crippen LogP contribution in [0.1, 0.15) is 42.2 Å². The number of benzene rings is 1. The molecule has 1 fully saturated rings. The number of halogens is 1. The van der Waals surface area contributed by atoms with Crippen molar-refractivity contribution in [2.24, 2.45) is 5.92 Å². The first-order chi connectivity index (χ1) is 12.0. The zero-order valence-electron chi connectivity index (χ0n) is 15.1.